The van der Waals surface area contributed by atoms with Gasteiger partial charge in [-0.1, -0.05) is 31.9 Å². The number of halogens is 3. The van der Waals surface area contributed by atoms with Crippen LogP contribution in [-0.4, -0.2) is 50.5 Å². The average molecular weight is 436 g/mol. The van der Waals surface area contributed by atoms with E-state index in [-0.39, 0.29) is 11.5 Å². The Morgan fingerprint density at radius 1 is 0.967 bits per heavy atom. The fourth-order valence-corrected chi connectivity index (χ4v) is 2.19. The van der Waals surface area contributed by atoms with Crippen molar-refractivity contribution in [2.75, 3.05) is 0 Å². The smallest absolute Gasteiger partial charge is 0.422 e. The van der Waals surface area contributed by atoms with Gasteiger partial charge in [0.25, 0.3) is 0 Å². The van der Waals surface area contributed by atoms with E-state index in [1.165, 1.54) is 6.92 Å². The SMILES string of the molecule is C=C(C(=O)O)C(F)(F)F.C=C(C)C(=O)O.C=CC(=O)O.O=C(O)C1CC2C=CC1C2. The molecular formula is C19H23F3O8. The number of carboxylic acids is 4. The summed E-state index contributed by atoms with van der Waals surface area (Å²) < 4.78 is 33.7. The maximum Gasteiger partial charge on any atom is 0.422 e. The predicted octanol–water partition coefficient (Wildman–Crippen LogP) is 3.38. The van der Waals surface area contributed by atoms with Crippen LogP contribution in [-0.2, 0) is 19.2 Å². The zero-order valence-electron chi connectivity index (χ0n) is 16.1. The number of aliphatic carboxylic acids is 4. The van der Waals surface area contributed by atoms with Gasteiger partial charge in [-0.25, -0.2) is 14.4 Å². The molecule has 3 unspecified atom stereocenters. The third kappa shape index (κ3) is 12.2. The normalized spacial score (nSPS) is 20.1. The monoisotopic (exact) mass is 436 g/mol. The molecule has 3 atom stereocenters. The summed E-state index contributed by atoms with van der Waals surface area (Å²) in [6.45, 7) is 9.86. The summed E-state index contributed by atoms with van der Waals surface area (Å²) in [5.74, 6) is -3.72. The van der Waals surface area contributed by atoms with Crippen molar-refractivity contribution < 1.29 is 52.8 Å². The van der Waals surface area contributed by atoms with Crippen LogP contribution in [0.3, 0.4) is 0 Å². The molecule has 11 heteroatoms. The molecule has 0 aliphatic heterocycles. The lowest BCUT2D eigenvalue weighted by Crippen LogP contribution is -2.18. The maximum atomic E-state index is 11.2. The van der Waals surface area contributed by atoms with Gasteiger partial charge >= 0.3 is 30.1 Å². The zero-order chi connectivity index (χ0) is 24.2. The van der Waals surface area contributed by atoms with Gasteiger partial charge in [-0.05, 0) is 31.6 Å². The number of carboxylic acid groups (broad SMARTS) is 4. The van der Waals surface area contributed by atoms with Crippen molar-refractivity contribution in [3.05, 3.63) is 49.1 Å². The molecule has 0 amide bonds. The first-order valence-corrected chi connectivity index (χ1v) is 8.19. The van der Waals surface area contributed by atoms with Crippen LogP contribution in [0, 0.1) is 17.8 Å². The number of rotatable bonds is 4. The van der Waals surface area contributed by atoms with Gasteiger partial charge in [0.1, 0.15) is 5.57 Å². The molecule has 30 heavy (non-hydrogen) atoms. The van der Waals surface area contributed by atoms with Gasteiger partial charge < -0.3 is 20.4 Å². The van der Waals surface area contributed by atoms with Gasteiger partial charge in [-0.2, -0.15) is 13.2 Å². The molecule has 0 aromatic rings. The fourth-order valence-electron chi connectivity index (χ4n) is 2.19. The first-order valence-electron chi connectivity index (χ1n) is 8.19. The third-order valence-electron chi connectivity index (χ3n) is 3.74. The van der Waals surface area contributed by atoms with Gasteiger partial charge in [-0.3, -0.25) is 4.79 Å². The predicted molar refractivity (Wildman–Crippen MR) is 99.6 cm³/mol. The minimum atomic E-state index is -4.81. The lowest BCUT2D eigenvalue weighted by atomic mass is 9.94. The Morgan fingerprint density at radius 3 is 1.50 bits per heavy atom. The van der Waals surface area contributed by atoms with Gasteiger partial charge in [0.2, 0.25) is 0 Å². The average Bonchev–Trinajstić information content (AvgIpc) is 3.25. The van der Waals surface area contributed by atoms with E-state index in [9.17, 15) is 32.3 Å². The third-order valence-corrected chi connectivity index (χ3v) is 3.74. The molecule has 0 heterocycles. The van der Waals surface area contributed by atoms with Crippen LogP contribution in [0.2, 0.25) is 0 Å². The number of allylic oxidation sites excluding steroid dienone is 2. The Labute approximate surface area is 170 Å². The second kappa shape index (κ2) is 13.0. The molecule has 1 saturated carbocycles. The van der Waals surface area contributed by atoms with E-state index < -0.39 is 35.6 Å². The summed E-state index contributed by atoms with van der Waals surface area (Å²) in [6.07, 6.45) is 2.19. The lowest BCUT2D eigenvalue weighted by Gasteiger charge is -2.11. The highest BCUT2D eigenvalue weighted by Crippen LogP contribution is 2.43. The van der Waals surface area contributed by atoms with Gasteiger partial charge in [0.05, 0.1) is 5.92 Å². The van der Waals surface area contributed by atoms with Gasteiger partial charge in [-0.15, -0.1) is 0 Å². The summed E-state index contributed by atoms with van der Waals surface area (Å²) in [7, 11) is 0. The maximum absolute atomic E-state index is 11.2. The highest BCUT2D eigenvalue weighted by molar-refractivity contribution is 5.87. The Bertz CT molecular complexity index is 710. The van der Waals surface area contributed by atoms with Gasteiger partial charge in [0, 0.05) is 11.6 Å². The molecule has 0 spiro atoms. The van der Waals surface area contributed by atoms with Crippen LogP contribution in [0.25, 0.3) is 0 Å². The zero-order valence-corrected chi connectivity index (χ0v) is 16.1. The molecule has 0 saturated heterocycles. The van der Waals surface area contributed by atoms with E-state index in [0.29, 0.717) is 11.8 Å². The Kier molecular flexibility index (Phi) is 12.5. The quantitative estimate of drug-likeness (QED) is 0.387. The summed E-state index contributed by atoms with van der Waals surface area (Å²) >= 11 is 0. The van der Waals surface area contributed by atoms with Gasteiger partial charge in [0.15, 0.2) is 0 Å². The van der Waals surface area contributed by atoms with Crippen molar-refractivity contribution in [3.8, 4) is 0 Å². The minimum Gasteiger partial charge on any atom is -0.481 e. The van der Waals surface area contributed by atoms with Crippen LogP contribution < -0.4 is 0 Å². The molecule has 4 N–H and O–H groups in total. The molecule has 0 aromatic heterocycles. The number of alkyl halides is 3. The molecular weight excluding hydrogens is 413 g/mol. The Morgan fingerprint density at radius 2 is 1.40 bits per heavy atom. The van der Waals surface area contributed by atoms with Crippen molar-refractivity contribution in [2.45, 2.75) is 25.9 Å². The summed E-state index contributed by atoms with van der Waals surface area (Å²) in [5.41, 5.74) is -1.57. The van der Waals surface area contributed by atoms with E-state index in [1.54, 1.807) is 0 Å². The minimum absolute atomic E-state index is 0.0741. The topological polar surface area (TPSA) is 149 Å². The molecule has 168 valence electrons. The van der Waals surface area contributed by atoms with E-state index in [4.69, 9.17) is 20.4 Å². The van der Waals surface area contributed by atoms with Crippen molar-refractivity contribution in [3.63, 3.8) is 0 Å². The summed E-state index contributed by atoms with van der Waals surface area (Å²) in [6, 6.07) is 0. The standard InChI is InChI=1S/C8H10O2.C4H3F3O2.C4H6O2.C3H4O2/c9-8(10)7-4-5-1-2-6(7)3-5;1-2(3(8)9)4(5,6)7;1-3(2)4(5)6;1-2-3(4)5/h1-2,5-7H,3-4H2,(H,9,10);1H2,(H,8,9);1H2,2H3,(H,5,6);2H,1H2,(H,4,5). The lowest BCUT2D eigenvalue weighted by molar-refractivity contribution is -0.145. The second-order valence-corrected chi connectivity index (χ2v) is 6.13. The van der Waals surface area contributed by atoms with E-state index >= 15 is 0 Å². The number of carbonyl (C=O) groups is 4. The molecule has 2 rings (SSSR count). The van der Waals surface area contributed by atoms with Crippen LogP contribution in [0.4, 0.5) is 13.2 Å². The first kappa shape index (κ1) is 28.8. The largest absolute Gasteiger partial charge is 0.481 e. The van der Waals surface area contributed by atoms with Crippen molar-refractivity contribution in [1.82, 2.24) is 0 Å². The molecule has 2 bridgehead atoms. The van der Waals surface area contributed by atoms with Crippen LogP contribution in [0.5, 0.6) is 0 Å². The van der Waals surface area contributed by atoms with Crippen LogP contribution >= 0.6 is 0 Å². The van der Waals surface area contributed by atoms with Crippen molar-refractivity contribution in [2.24, 2.45) is 17.8 Å². The van der Waals surface area contributed by atoms with Crippen LogP contribution in [0.15, 0.2) is 49.1 Å². The Balaban J connectivity index is 0. The second-order valence-electron chi connectivity index (χ2n) is 6.13. The number of hydrogen-bond donors (Lipinski definition) is 4. The molecule has 8 nitrogen and oxygen atoms in total. The van der Waals surface area contributed by atoms with E-state index in [0.717, 1.165) is 18.9 Å². The molecule has 1 fully saturated rings. The highest BCUT2D eigenvalue weighted by Gasteiger charge is 2.39. The van der Waals surface area contributed by atoms with E-state index in [1.807, 2.05) is 0 Å². The summed E-state index contributed by atoms with van der Waals surface area (Å²) in [4.78, 5) is 38.9. The molecule has 2 aliphatic rings. The molecule has 2 aliphatic carbocycles. The Hall–Kier alpha value is -3.37. The van der Waals surface area contributed by atoms with Crippen molar-refractivity contribution in [1.29, 1.82) is 0 Å². The van der Waals surface area contributed by atoms with Crippen molar-refractivity contribution >= 4 is 23.9 Å². The molecule has 0 aromatic carbocycles. The number of fused-ring (bicyclic) bond motifs is 2. The van der Waals surface area contributed by atoms with Crippen LogP contribution in [0.1, 0.15) is 19.8 Å². The first-order chi connectivity index (χ1) is 13.5. The van der Waals surface area contributed by atoms with E-state index in [2.05, 4.69) is 31.9 Å². The highest BCUT2D eigenvalue weighted by atomic mass is 19.4. The summed E-state index contributed by atoms with van der Waals surface area (Å²) in [5, 5.41) is 31.9. The number of hydrogen-bond acceptors (Lipinski definition) is 4. The molecule has 0 radical (unpaired) electrons. The fraction of sp³-hybridized carbons (Fsp3) is 0.368.